The summed E-state index contributed by atoms with van der Waals surface area (Å²) in [7, 11) is 0. The third-order valence-corrected chi connectivity index (χ3v) is 8.52. The Bertz CT molecular complexity index is 1360. The van der Waals surface area contributed by atoms with Gasteiger partial charge in [-0.2, -0.15) is 5.10 Å². The van der Waals surface area contributed by atoms with Crippen molar-refractivity contribution in [3.63, 3.8) is 0 Å². The fourth-order valence-corrected chi connectivity index (χ4v) is 6.66. The van der Waals surface area contributed by atoms with Crippen molar-refractivity contribution in [2.45, 2.75) is 45.6 Å². The Morgan fingerprint density at radius 2 is 1.91 bits per heavy atom. The van der Waals surface area contributed by atoms with Crippen molar-refractivity contribution in [2.75, 3.05) is 26.2 Å². The summed E-state index contributed by atoms with van der Waals surface area (Å²) in [5, 5.41) is 9.59. The Balaban J connectivity index is 1.35. The second-order valence-corrected chi connectivity index (χ2v) is 10.8. The molecule has 1 saturated heterocycles. The molecule has 0 radical (unpaired) electrons. The van der Waals surface area contributed by atoms with Crippen LogP contribution in [0, 0.1) is 13.8 Å². The number of aromatic amines is 1. The zero-order valence-electron chi connectivity index (χ0n) is 20.3. The van der Waals surface area contributed by atoms with Gasteiger partial charge in [0, 0.05) is 55.6 Å². The summed E-state index contributed by atoms with van der Waals surface area (Å²) < 4.78 is 0. The molecule has 0 bridgehead atoms. The number of nitrogens with one attached hydrogen (secondary N) is 1. The third-order valence-electron chi connectivity index (χ3n) is 7.41. The van der Waals surface area contributed by atoms with Crippen LogP contribution in [-0.4, -0.2) is 68.1 Å². The molecule has 1 aliphatic heterocycles. The summed E-state index contributed by atoms with van der Waals surface area (Å²) in [6.07, 6.45) is 8.82. The Hall–Kier alpha value is -3.10. The molecule has 2 aliphatic rings. The van der Waals surface area contributed by atoms with Gasteiger partial charge in [-0.15, -0.1) is 11.3 Å². The van der Waals surface area contributed by atoms with Crippen LogP contribution in [0.3, 0.4) is 0 Å². The molecule has 1 aliphatic carbocycles. The second kappa shape index (κ2) is 9.17. The zero-order valence-corrected chi connectivity index (χ0v) is 21.1. The number of benzene rings is 1. The maximum atomic E-state index is 13.8. The summed E-state index contributed by atoms with van der Waals surface area (Å²) in [5.41, 5.74) is 5.56. The molecular formula is C27H30N6OS. The van der Waals surface area contributed by atoms with E-state index < -0.39 is 0 Å². The van der Waals surface area contributed by atoms with Gasteiger partial charge in [0.1, 0.15) is 16.4 Å². The number of piperazine rings is 1. The number of rotatable bonds is 4. The lowest BCUT2D eigenvalue weighted by Crippen LogP contribution is -2.51. The summed E-state index contributed by atoms with van der Waals surface area (Å²) in [6.45, 7) is 7.56. The van der Waals surface area contributed by atoms with E-state index in [1.807, 2.05) is 23.2 Å². The number of carbonyl (C=O) groups is 1. The highest BCUT2D eigenvalue weighted by atomic mass is 32.1. The molecule has 1 aromatic carbocycles. The van der Waals surface area contributed by atoms with Crippen LogP contribution in [0.4, 0.5) is 0 Å². The SMILES string of the molecule is Cc1cc(C)c2[nH]nc(-c3nc(C(=O)N4CCN(C5CCCC5)CC4)c(-c4cccnc4)s3)c2c1. The molecule has 0 spiro atoms. The molecule has 1 amide bonds. The van der Waals surface area contributed by atoms with Crippen LogP contribution in [-0.2, 0) is 0 Å². The van der Waals surface area contributed by atoms with Crippen molar-refractivity contribution in [3.05, 3.63) is 53.5 Å². The number of thiazole rings is 1. The average molecular weight is 487 g/mol. The van der Waals surface area contributed by atoms with E-state index in [2.05, 4.69) is 46.1 Å². The van der Waals surface area contributed by atoms with Gasteiger partial charge >= 0.3 is 0 Å². The fraction of sp³-hybridized carbons (Fsp3) is 0.407. The molecular weight excluding hydrogens is 456 g/mol. The smallest absolute Gasteiger partial charge is 0.274 e. The van der Waals surface area contributed by atoms with Crippen LogP contribution in [0.15, 0.2) is 36.7 Å². The number of nitrogens with zero attached hydrogens (tertiary/aromatic N) is 5. The van der Waals surface area contributed by atoms with Crippen LogP contribution < -0.4 is 0 Å². The van der Waals surface area contributed by atoms with Crippen molar-refractivity contribution in [1.82, 2.24) is 30.0 Å². The minimum absolute atomic E-state index is 0.00428. The van der Waals surface area contributed by atoms with Crippen molar-refractivity contribution < 1.29 is 4.79 Å². The maximum Gasteiger partial charge on any atom is 0.274 e. The fourth-order valence-electron chi connectivity index (χ4n) is 5.61. The molecule has 180 valence electrons. The minimum Gasteiger partial charge on any atom is -0.335 e. The van der Waals surface area contributed by atoms with Crippen LogP contribution >= 0.6 is 11.3 Å². The maximum absolute atomic E-state index is 13.8. The molecule has 1 saturated carbocycles. The standard InChI is InChI=1S/C27H30N6OS/c1-17-14-18(2)22-21(15-17)23(31-30-22)26-29-24(25(35-26)19-6-5-9-28-16-19)27(34)33-12-10-32(11-13-33)20-7-3-4-8-20/h5-6,9,14-16,20H,3-4,7-8,10-13H2,1-2H3,(H,30,31). The quantitative estimate of drug-likeness (QED) is 0.436. The second-order valence-electron chi connectivity index (χ2n) is 9.78. The van der Waals surface area contributed by atoms with E-state index in [1.165, 1.54) is 42.6 Å². The van der Waals surface area contributed by atoms with E-state index in [0.29, 0.717) is 11.7 Å². The van der Waals surface area contributed by atoms with E-state index in [4.69, 9.17) is 4.98 Å². The first kappa shape index (κ1) is 22.4. The molecule has 3 aromatic heterocycles. The van der Waals surface area contributed by atoms with Crippen molar-refractivity contribution in [1.29, 1.82) is 0 Å². The van der Waals surface area contributed by atoms with Crippen LogP contribution in [0.25, 0.3) is 32.0 Å². The van der Waals surface area contributed by atoms with Gasteiger partial charge in [-0.1, -0.05) is 30.5 Å². The molecule has 0 atom stereocenters. The van der Waals surface area contributed by atoms with Gasteiger partial charge in [0.05, 0.1) is 10.4 Å². The van der Waals surface area contributed by atoms with Crippen molar-refractivity contribution >= 4 is 28.1 Å². The van der Waals surface area contributed by atoms with Gasteiger partial charge < -0.3 is 4.90 Å². The molecule has 0 unspecified atom stereocenters. The number of aromatic nitrogens is 4. The lowest BCUT2D eigenvalue weighted by molar-refractivity contribution is 0.0569. The summed E-state index contributed by atoms with van der Waals surface area (Å²) in [4.78, 5) is 28.4. The lowest BCUT2D eigenvalue weighted by Gasteiger charge is -2.37. The summed E-state index contributed by atoms with van der Waals surface area (Å²) in [5.74, 6) is 0.00428. The number of amides is 1. The lowest BCUT2D eigenvalue weighted by atomic mass is 10.1. The van der Waals surface area contributed by atoms with Gasteiger partial charge in [-0.3, -0.25) is 19.8 Å². The van der Waals surface area contributed by atoms with Crippen LogP contribution in [0.1, 0.15) is 47.3 Å². The van der Waals surface area contributed by atoms with E-state index in [0.717, 1.165) is 63.8 Å². The van der Waals surface area contributed by atoms with Crippen molar-refractivity contribution in [3.8, 4) is 21.1 Å². The summed E-state index contributed by atoms with van der Waals surface area (Å²) in [6, 6.07) is 8.88. The van der Waals surface area contributed by atoms with Gasteiger partial charge in [0.25, 0.3) is 5.91 Å². The van der Waals surface area contributed by atoms with E-state index in [9.17, 15) is 4.79 Å². The Labute approximate surface area is 209 Å². The third kappa shape index (κ3) is 4.15. The number of carbonyl (C=O) groups excluding carboxylic acids is 1. The number of hydrogen-bond donors (Lipinski definition) is 1. The van der Waals surface area contributed by atoms with Crippen LogP contribution in [0.2, 0.25) is 0 Å². The van der Waals surface area contributed by atoms with Crippen molar-refractivity contribution in [2.24, 2.45) is 0 Å². The van der Waals surface area contributed by atoms with E-state index >= 15 is 0 Å². The van der Waals surface area contributed by atoms with Gasteiger partial charge in [-0.25, -0.2) is 4.98 Å². The molecule has 4 heterocycles. The number of fused-ring (bicyclic) bond motifs is 1. The molecule has 8 heteroatoms. The zero-order chi connectivity index (χ0) is 23.9. The molecule has 2 fully saturated rings. The average Bonchev–Trinajstić information content (AvgIpc) is 3.64. The molecule has 7 nitrogen and oxygen atoms in total. The first-order valence-corrected chi connectivity index (χ1v) is 13.3. The molecule has 4 aromatic rings. The number of H-pyrrole nitrogens is 1. The topological polar surface area (TPSA) is 78.0 Å². The summed E-state index contributed by atoms with van der Waals surface area (Å²) >= 11 is 1.52. The Morgan fingerprint density at radius 1 is 1.11 bits per heavy atom. The highest BCUT2D eigenvalue weighted by Gasteiger charge is 2.31. The normalized spacial score (nSPS) is 17.5. The number of pyridine rings is 1. The predicted molar refractivity (Wildman–Crippen MR) is 140 cm³/mol. The number of hydrogen-bond acceptors (Lipinski definition) is 6. The predicted octanol–water partition coefficient (Wildman–Crippen LogP) is 5.07. The van der Waals surface area contributed by atoms with E-state index in [-0.39, 0.29) is 5.91 Å². The van der Waals surface area contributed by atoms with Gasteiger partial charge in [0.2, 0.25) is 0 Å². The largest absolute Gasteiger partial charge is 0.335 e. The van der Waals surface area contributed by atoms with E-state index in [1.54, 1.807) is 6.20 Å². The minimum atomic E-state index is 0.00428. The highest BCUT2D eigenvalue weighted by Crippen LogP contribution is 2.38. The molecule has 1 N–H and O–H groups in total. The van der Waals surface area contributed by atoms with Gasteiger partial charge in [0.15, 0.2) is 0 Å². The monoisotopic (exact) mass is 486 g/mol. The Morgan fingerprint density at radius 3 is 2.66 bits per heavy atom. The number of aryl methyl sites for hydroxylation is 2. The molecule has 6 rings (SSSR count). The van der Waals surface area contributed by atoms with Gasteiger partial charge in [-0.05, 0) is 44.4 Å². The van der Waals surface area contributed by atoms with Crippen LogP contribution in [0.5, 0.6) is 0 Å². The molecule has 35 heavy (non-hydrogen) atoms. The highest BCUT2D eigenvalue weighted by molar-refractivity contribution is 7.18. The first-order valence-electron chi connectivity index (χ1n) is 12.5. The first-order chi connectivity index (χ1) is 17.1. The Kier molecular flexibility index (Phi) is 5.86.